The van der Waals surface area contributed by atoms with Crippen molar-refractivity contribution in [1.29, 1.82) is 0 Å². The van der Waals surface area contributed by atoms with Crippen LogP contribution in [0.5, 0.6) is 0 Å². The number of hydrogen-bond acceptors (Lipinski definition) is 7. The summed E-state index contributed by atoms with van der Waals surface area (Å²) < 4.78 is 0.986. The minimum Gasteiger partial charge on any atom is -0.225 e. The molecule has 0 spiro atoms. The van der Waals surface area contributed by atoms with Crippen molar-refractivity contribution in [2.24, 2.45) is 0 Å². The number of thiophene rings is 1. The van der Waals surface area contributed by atoms with Gasteiger partial charge < -0.3 is 0 Å². The molecule has 4 nitrogen and oxygen atoms in total. The Morgan fingerprint density at radius 2 is 2.20 bits per heavy atom. The molecule has 0 unspecified atom stereocenters. The fraction of sp³-hybridized carbons (Fsp3) is 0.385. The molecule has 20 heavy (non-hydrogen) atoms. The zero-order valence-electron chi connectivity index (χ0n) is 10.9. The van der Waals surface area contributed by atoms with E-state index in [-0.39, 0.29) is 0 Å². The van der Waals surface area contributed by atoms with E-state index in [1.807, 2.05) is 0 Å². The number of fused-ring (bicyclic) bond motifs is 1. The molecule has 1 aliphatic rings. The molecule has 1 fully saturated rings. The molecule has 0 amide bonds. The van der Waals surface area contributed by atoms with E-state index < -0.39 is 0 Å². The predicted octanol–water partition coefficient (Wildman–Crippen LogP) is 4.13. The Kier molecular flexibility index (Phi) is 3.20. The quantitative estimate of drug-likeness (QED) is 0.676. The van der Waals surface area contributed by atoms with Gasteiger partial charge in [-0.25, -0.2) is 9.97 Å². The van der Waals surface area contributed by atoms with Gasteiger partial charge in [0.2, 0.25) is 0 Å². The lowest BCUT2D eigenvalue weighted by atomic mass is 10.4. The van der Waals surface area contributed by atoms with Gasteiger partial charge in [-0.15, -0.1) is 21.5 Å². The number of hydrogen-bond donors (Lipinski definition) is 0. The second-order valence-corrected chi connectivity index (χ2v) is 7.86. The molecule has 0 N–H and O–H groups in total. The average Bonchev–Trinajstić information content (AvgIpc) is 3.02. The van der Waals surface area contributed by atoms with Gasteiger partial charge in [0.15, 0.2) is 4.34 Å². The largest absolute Gasteiger partial charge is 0.225 e. The minimum atomic E-state index is 0.666. The van der Waals surface area contributed by atoms with E-state index >= 15 is 0 Å². The molecule has 102 valence electrons. The minimum absolute atomic E-state index is 0.666. The lowest BCUT2D eigenvalue weighted by Gasteiger charge is -2.02. The van der Waals surface area contributed by atoms with E-state index in [4.69, 9.17) is 0 Å². The third-order valence-corrected chi connectivity index (χ3v) is 6.13. The molecule has 0 bridgehead atoms. The molecule has 1 saturated carbocycles. The third kappa shape index (κ3) is 2.34. The van der Waals surface area contributed by atoms with Crippen molar-refractivity contribution in [2.75, 3.05) is 0 Å². The van der Waals surface area contributed by atoms with E-state index in [0.717, 1.165) is 31.8 Å². The molecule has 0 radical (unpaired) electrons. The van der Waals surface area contributed by atoms with Crippen molar-refractivity contribution in [1.82, 2.24) is 20.2 Å². The Morgan fingerprint density at radius 1 is 1.30 bits per heavy atom. The molecule has 3 aromatic heterocycles. The number of rotatable bonds is 4. The van der Waals surface area contributed by atoms with Crippen molar-refractivity contribution in [3.05, 3.63) is 22.3 Å². The topological polar surface area (TPSA) is 51.6 Å². The van der Waals surface area contributed by atoms with Gasteiger partial charge in [-0.3, -0.25) is 0 Å². The summed E-state index contributed by atoms with van der Waals surface area (Å²) in [5, 5.41) is 14.0. The summed E-state index contributed by atoms with van der Waals surface area (Å²) in [5.41, 5.74) is 0. The Bertz CT molecular complexity index is 760. The lowest BCUT2D eigenvalue weighted by molar-refractivity contribution is 0.914. The second kappa shape index (κ2) is 5.05. The molecule has 1 aliphatic carbocycles. The van der Waals surface area contributed by atoms with Crippen LogP contribution in [-0.2, 0) is 6.42 Å². The van der Waals surface area contributed by atoms with Crippen LogP contribution in [-0.4, -0.2) is 20.2 Å². The summed E-state index contributed by atoms with van der Waals surface area (Å²) in [4.78, 5) is 10.3. The zero-order chi connectivity index (χ0) is 13.5. The van der Waals surface area contributed by atoms with Gasteiger partial charge in [-0.2, -0.15) is 0 Å². The van der Waals surface area contributed by atoms with Crippen molar-refractivity contribution >= 4 is 44.7 Å². The summed E-state index contributed by atoms with van der Waals surface area (Å²) in [6.45, 7) is 2.08. The zero-order valence-corrected chi connectivity index (χ0v) is 13.3. The van der Waals surface area contributed by atoms with Gasteiger partial charge in [0, 0.05) is 17.7 Å². The van der Waals surface area contributed by atoms with Crippen LogP contribution in [0.25, 0.3) is 10.2 Å². The molecular formula is C13H12N4S3. The molecule has 7 heteroatoms. The van der Waals surface area contributed by atoms with Gasteiger partial charge in [0.1, 0.15) is 20.7 Å². The van der Waals surface area contributed by atoms with E-state index in [0.29, 0.717) is 5.92 Å². The van der Waals surface area contributed by atoms with Crippen molar-refractivity contribution in [2.45, 2.75) is 41.5 Å². The van der Waals surface area contributed by atoms with Crippen LogP contribution in [0.15, 0.2) is 20.8 Å². The fourth-order valence-electron chi connectivity index (χ4n) is 1.95. The Morgan fingerprint density at radius 3 is 3.00 bits per heavy atom. The molecule has 4 rings (SSSR count). The maximum Gasteiger partial charge on any atom is 0.180 e. The fourth-order valence-corrected chi connectivity index (χ4v) is 4.87. The SMILES string of the molecule is CCc1nc(Sc2nnc(C3CC3)s2)c2ccsc2n1. The standard InChI is InChI=1S/C13H12N4S3/c1-2-9-14-11-8(5-6-18-11)12(15-9)20-13-17-16-10(19-13)7-3-4-7/h5-7H,2-4H2,1H3. The first-order chi connectivity index (χ1) is 9.83. The van der Waals surface area contributed by atoms with E-state index in [1.165, 1.54) is 17.8 Å². The van der Waals surface area contributed by atoms with Crippen LogP contribution in [0.4, 0.5) is 0 Å². The number of aromatic nitrogens is 4. The molecule has 0 saturated heterocycles. The van der Waals surface area contributed by atoms with Gasteiger partial charge in [0.25, 0.3) is 0 Å². The molecule has 0 aliphatic heterocycles. The summed E-state index contributed by atoms with van der Waals surface area (Å²) in [5.74, 6) is 1.56. The Hall–Kier alpha value is -1.05. The van der Waals surface area contributed by atoms with E-state index in [9.17, 15) is 0 Å². The van der Waals surface area contributed by atoms with Crippen LogP contribution in [0, 0.1) is 0 Å². The first-order valence-electron chi connectivity index (χ1n) is 6.59. The van der Waals surface area contributed by atoms with Crippen molar-refractivity contribution < 1.29 is 0 Å². The number of aryl methyl sites for hydroxylation is 1. The van der Waals surface area contributed by atoms with Crippen LogP contribution < -0.4 is 0 Å². The Balaban J connectivity index is 1.70. The summed E-state index contributed by atoms with van der Waals surface area (Å²) in [6.07, 6.45) is 3.38. The lowest BCUT2D eigenvalue weighted by Crippen LogP contribution is -1.94. The van der Waals surface area contributed by atoms with Gasteiger partial charge in [-0.05, 0) is 36.0 Å². The Labute approximate surface area is 128 Å². The van der Waals surface area contributed by atoms with Crippen LogP contribution in [0.3, 0.4) is 0 Å². The molecular weight excluding hydrogens is 308 g/mol. The summed E-state index contributed by atoms with van der Waals surface area (Å²) in [7, 11) is 0. The predicted molar refractivity (Wildman–Crippen MR) is 82.8 cm³/mol. The average molecular weight is 320 g/mol. The normalized spacial score (nSPS) is 15.1. The highest BCUT2D eigenvalue weighted by atomic mass is 32.2. The highest BCUT2D eigenvalue weighted by Gasteiger charge is 2.27. The van der Waals surface area contributed by atoms with Gasteiger partial charge in [0.05, 0.1) is 0 Å². The molecule has 3 aromatic rings. The number of nitrogens with zero attached hydrogens (tertiary/aromatic N) is 4. The summed E-state index contributed by atoms with van der Waals surface area (Å²) >= 11 is 4.99. The highest BCUT2D eigenvalue weighted by molar-refractivity contribution is 8.01. The second-order valence-electron chi connectivity index (χ2n) is 4.72. The van der Waals surface area contributed by atoms with Crippen LogP contribution >= 0.6 is 34.4 Å². The molecule has 3 heterocycles. The van der Waals surface area contributed by atoms with Crippen LogP contribution in [0.2, 0.25) is 0 Å². The van der Waals surface area contributed by atoms with E-state index in [1.54, 1.807) is 34.4 Å². The monoisotopic (exact) mass is 320 g/mol. The maximum absolute atomic E-state index is 4.65. The maximum atomic E-state index is 4.65. The molecule has 0 atom stereocenters. The third-order valence-electron chi connectivity index (χ3n) is 3.19. The first kappa shape index (κ1) is 12.7. The first-order valence-corrected chi connectivity index (χ1v) is 9.10. The highest BCUT2D eigenvalue weighted by Crippen LogP contribution is 2.43. The van der Waals surface area contributed by atoms with Gasteiger partial charge in [-0.1, -0.05) is 18.3 Å². The molecule has 0 aromatic carbocycles. The van der Waals surface area contributed by atoms with Crippen LogP contribution in [0.1, 0.15) is 36.5 Å². The van der Waals surface area contributed by atoms with Crippen molar-refractivity contribution in [3.8, 4) is 0 Å². The van der Waals surface area contributed by atoms with Crippen molar-refractivity contribution in [3.63, 3.8) is 0 Å². The van der Waals surface area contributed by atoms with E-state index in [2.05, 4.69) is 38.5 Å². The summed E-state index contributed by atoms with van der Waals surface area (Å²) in [6, 6.07) is 2.09. The smallest absolute Gasteiger partial charge is 0.180 e. The van der Waals surface area contributed by atoms with Gasteiger partial charge >= 0.3 is 0 Å².